The number of rotatable bonds is 3. The van der Waals surface area contributed by atoms with Gasteiger partial charge in [0.25, 0.3) is 0 Å². The van der Waals surface area contributed by atoms with Crippen LogP contribution >= 0.6 is 54.5 Å². The fourth-order valence-electron chi connectivity index (χ4n) is 0.952. The molecule has 0 saturated carbocycles. The van der Waals surface area contributed by atoms with Crippen molar-refractivity contribution in [3.05, 3.63) is 30.8 Å². The topological polar surface area (TPSA) is 24.9 Å². The van der Waals surface area contributed by atoms with Crippen LogP contribution in [-0.4, -0.2) is 4.98 Å². The van der Waals surface area contributed by atoms with Crippen molar-refractivity contribution in [1.29, 1.82) is 0 Å². The largest absolute Gasteiger partial charge is 0.357 e. The standard InChI is InChI=1S/C8H6Br2N2S2/c9-6-3-5(14-7(6)10)4-12-8-11-1-2-13-8/h1-3H,4H2,(H,11,12). The Labute approximate surface area is 107 Å². The van der Waals surface area contributed by atoms with E-state index in [1.54, 1.807) is 28.9 Å². The lowest BCUT2D eigenvalue weighted by Crippen LogP contribution is -1.95. The van der Waals surface area contributed by atoms with Crippen LogP contribution < -0.4 is 5.32 Å². The minimum atomic E-state index is 0.822. The van der Waals surface area contributed by atoms with Crippen LogP contribution in [0, 0.1) is 0 Å². The third-order valence-electron chi connectivity index (χ3n) is 1.54. The quantitative estimate of drug-likeness (QED) is 0.887. The van der Waals surface area contributed by atoms with Crippen LogP contribution in [0.5, 0.6) is 0 Å². The Kier molecular flexibility index (Phi) is 3.59. The first-order chi connectivity index (χ1) is 6.75. The molecule has 0 radical (unpaired) electrons. The van der Waals surface area contributed by atoms with E-state index >= 15 is 0 Å². The van der Waals surface area contributed by atoms with E-state index in [2.05, 4.69) is 48.2 Å². The van der Waals surface area contributed by atoms with Gasteiger partial charge in [-0.2, -0.15) is 0 Å². The molecule has 0 unspecified atom stereocenters. The van der Waals surface area contributed by atoms with Crippen LogP contribution in [0.15, 0.2) is 25.9 Å². The highest BCUT2D eigenvalue weighted by molar-refractivity contribution is 9.13. The number of halogens is 2. The van der Waals surface area contributed by atoms with E-state index in [9.17, 15) is 0 Å². The average molecular weight is 354 g/mol. The highest BCUT2D eigenvalue weighted by atomic mass is 79.9. The molecule has 6 heteroatoms. The molecule has 14 heavy (non-hydrogen) atoms. The van der Waals surface area contributed by atoms with E-state index in [1.807, 2.05) is 5.38 Å². The molecule has 0 fully saturated rings. The molecule has 0 atom stereocenters. The van der Waals surface area contributed by atoms with Gasteiger partial charge in [-0.05, 0) is 37.9 Å². The van der Waals surface area contributed by atoms with Gasteiger partial charge in [-0.25, -0.2) is 4.98 Å². The molecular weight excluding hydrogens is 348 g/mol. The molecule has 0 aliphatic heterocycles. The first-order valence-electron chi connectivity index (χ1n) is 3.83. The SMILES string of the molecule is Brc1cc(CNc2nccs2)sc1Br. The number of hydrogen-bond donors (Lipinski definition) is 1. The third-order valence-corrected chi connectivity index (χ3v) is 5.53. The van der Waals surface area contributed by atoms with Gasteiger partial charge in [0.15, 0.2) is 5.13 Å². The maximum atomic E-state index is 4.15. The van der Waals surface area contributed by atoms with Crippen LogP contribution in [-0.2, 0) is 6.54 Å². The van der Waals surface area contributed by atoms with E-state index in [-0.39, 0.29) is 0 Å². The molecule has 74 valence electrons. The lowest BCUT2D eigenvalue weighted by molar-refractivity contribution is 1.17. The second-order valence-corrected chi connectivity index (χ2v) is 6.73. The van der Waals surface area contributed by atoms with Gasteiger partial charge in [0, 0.05) is 20.9 Å². The molecule has 0 amide bonds. The normalized spacial score (nSPS) is 10.4. The molecule has 0 aliphatic carbocycles. The molecule has 2 nitrogen and oxygen atoms in total. The Bertz CT molecular complexity index is 391. The van der Waals surface area contributed by atoms with Crippen molar-refractivity contribution < 1.29 is 0 Å². The second-order valence-electron chi connectivity index (χ2n) is 2.53. The van der Waals surface area contributed by atoms with Gasteiger partial charge in [0.1, 0.15) is 0 Å². The van der Waals surface area contributed by atoms with Crippen molar-refractivity contribution in [3.8, 4) is 0 Å². The lowest BCUT2D eigenvalue weighted by atomic mass is 10.5. The minimum absolute atomic E-state index is 0.822. The molecule has 2 rings (SSSR count). The van der Waals surface area contributed by atoms with Gasteiger partial charge >= 0.3 is 0 Å². The highest BCUT2D eigenvalue weighted by Crippen LogP contribution is 2.32. The van der Waals surface area contributed by atoms with Crippen molar-refractivity contribution >= 4 is 59.7 Å². The zero-order valence-electron chi connectivity index (χ0n) is 6.96. The summed E-state index contributed by atoms with van der Waals surface area (Å²) in [7, 11) is 0. The van der Waals surface area contributed by atoms with Crippen LogP contribution in [0.4, 0.5) is 5.13 Å². The summed E-state index contributed by atoms with van der Waals surface area (Å²) in [5, 5.41) is 6.18. The number of nitrogens with zero attached hydrogens (tertiary/aromatic N) is 1. The van der Waals surface area contributed by atoms with E-state index < -0.39 is 0 Å². The summed E-state index contributed by atoms with van der Waals surface area (Å²) in [5.74, 6) is 0. The molecule has 0 aliphatic rings. The summed E-state index contributed by atoms with van der Waals surface area (Å²) < 4.78 is 2.24. The molecule has 0 aromatic carbocycles. The summed E-state index contributed by atoms with van der Waals surface area (Å²) in [6.45, 7) is 0.822. The third kappa shape index (κ3) is 2.56. The number of anilines is 1. The fraction of sp³-hybridized carbons (Fsp3) is 0.125. The number of aromatic nitrogens is 1. The van der Waals surface area contributed by atoms with Crippen molar-refractivity contribution in [3.63, 3.8) is 0 Å². The number of thiazole rings is 1. The Morgan fingerprint density at radius 3 is 2.86 bits per heavy atom. The molecule has 0 spiro atoms. The smallest absolute Gasteiger partial charge is 0.182 e. The monoisotopic (exact) mass is 352 g/mol. The summed E-state index contributed by atoms with van der Waals surface area (Å²) in [4.78, 5) is 5.43. The Hall–Kier alpha value is 0.0900. The van der Waals surface area contributed by atoms with Crippen molar-refractivity contribution in [2.75, 3.05) is 5.32 Å². The zero-order chi connectivity index (χ0) is 9.97. The molecule has 1 N–H and O–H groups in total. The summed E-state index contributed by atoms with van der Waals surface area (Å²) in [6.07, 6.45) is 1.80. The summed E-state index contributed by atoms with van der Waals surface area (Å²) in [5.41, 5.74) is 0. The average Bonchev–Trinajstić information content (AvgIpc) is 2.74. The predicted molar refractivity (Wildman–Crippen MR) is 69.2 cm³/mol. The van der Waals surface area contributed by atoms with E-state index in [0.717, 1.165) is 19.9 Å². The van der Waals surface area contributed by atoms with Crippen molar-refractivity contribution in [1.82, 2.24) is 4.98 Å². The molecule has 2 heterocycles. The van der Waals surface area contributed by atoms with E-state index in [0.29, 0.717) is 0 Å². The van der Waals surface area contributed by atoms with Crippen LogP contribution in [0.25, 0.3) is 0 Å². The minimum Gasteiger partial charge on any atom is -0.357 e. The van der Waals surface area contributed by atoms with Gasteiger partial charge in [-0.15, -0.1) is 22.7 Å². The molecule has 0 saturated heterocycles. The first kappa shape index (κ1) is 10.6. The number of thiophene rings is 1. The molecular formula is C8H6Br2N2S2. The van der Waals surface area contributed by atoms with E-state index in [1.165, 1.54) is 4.88 Å². The Morgan fingerprint density at radius 2 is 2.29 bits per heavy atom. The second kappa shape index (κ2) is 4.74. The predicted octanol–water partition coefficient (Wildman–Crippen LogP) is 4.34. The molecule has 2 aromatic rings. The van der Waals surface area contributed by atoms with Crippen LogP contribution in [0.2, 0.25) is 0 Å². The van der Waals surface area contributed by atoms with Gasteiger partial charge in [-0.1, -0.05) is 0 Å². The molecule has 0 bridgehead atoms. The highest BCUT2D eigenvalue weighted by Gasteiger charge is 2.04. The van der Waals surface area contributed by atoms with Crippen molar-refractivity contribution in [2.24, 2.45) is 0 Å². The zero-order valence-corrected chi connectivity index (χ0v) is 11.8. The summed E-state index contributed by atoms with van der Waals surface area (Å²) >= 11 is 10.3. The molecule has 2 aromatic heterocycles. The number of nitrogens with one attached hydrogen (secondary N) is 1. The van der Waals surface area contributed by atoms with Gasteiger partial charge in [0.2, 0.25) is 0 Å². The van der Waals surface area contributed by atoms with E-state index in [4.69, 9.17) is 0 Å². The summed E-state index contributed by atoms with van der Waals surface area (Å²) in [6, 6.07) is 2.11. The van der Waals surface area contributed by atoms with Gasteiger partial charge in [-0.3, -0.25) is 0 Å². The Balaban J connectivity index is 1.98. The Morgan fingerprint density at radius 1 is 1.43 bits per heavy atom. The lowest BCUT2D eigenvalue weighted by Gasteiger charge is -1.97. The maximum absolute atomic E-state index is 4.15. The van der Waals surface area contributed by atoms with Crippen molar-refractivity contribution in [2.45, 2.75) is 6.54 Å². The first-order valence-corrected chi connectivity index (χ1v) is 7.11. The fourth-order valence-corrected chi connectivity index (χ4v) is 3.60. The number of hydrogen-bond acceptors (Lipinski definition) is 4. The van der Waals surface area contributed by atoms with Crippen LogP contribution in [0.3, 0.4) is 0 Å². The van der Waals surface area contributed by atoms with Gasteiger partial charge < -0.3 is 5.32 Å². The van der Waals surface area contributed by atoms with Crippen LogP contribution in [0.1, 0.15) is 4.88 Å². The van der Waals surface area contributed by atoms with Gasteiger partial charge in [0.05, 0.1) is 10.3 Å². The maximum Gasteiger partial charge on any atom is 0.182 e.